The number of halogens is 1. The van der Waals surface area contributed by atoms with Gasteiger partial charge in [0.15, 0.2) is 0 Å². The number of carbonyl (C=O) groups excluding carboxylic acids is 1. The molecule has 1 rings (SSSR count). The van der Waals surface area contributed by atoms with Crippen molar-refractivity contribution in [3.8, 4) is 0 Å². The highest BCUT2D eigenvalue weighted by Crippen LogP contribution is 2.20. The van der Waals surface area contributed by atoms with E-state index in [1.165, 1.54) is 25.2 Å². The maximum atomic E-state index is 12.5. The van der Waals surface area contributed by atoms with Crippen molar-refractivity contribution >= 4 is 34.0 Å². The van der Waals surface area contributed by atoms with Gasteiger partial charge in [-0.2, -0.15) is 4.31 Å². The van der Waals surface area contributed by atoms with Gasteiger partial charge in [-0.1, -0.05) is 25.8 Å². The van der Waals surface area contributed by atoms with Crippen LogP contribution in [0.15, 0.2) is 29.2 Å². The zero-order chi connectivity index (χ0) is 19.0. The lowest BCUT2D eigenvalue weighted by Gasteiger charge is -2.20. The van der Waals surface area contributed by atoms with E-state index in [0.29, 0.717) is 0 Å². The molecular weight excluding hydrogens is 384 g/mol. The SMILES string of the molecule is CCCCC(CN)NC(=O)CN(C)S(=O)(=O)c1cccc([N+](=O)[O-])c1.Cl. The minimum absolute atomic E-state index is 0. The van der Waals surface area contributed by atoms with Crippen molar-refractivity contribution in [3.63, 3.8) is 0 Å². The molecule has 0 aromatic heterocycles. The Bertz CT molecular complexity index is 714. The zero-order valence-electron chi connectivity index (χ0n) is 14.8. The van der Waals surface area contributed by atoms with Crippen LogP contribution in [0.3, 0.4) is 0 Å². The highest BCUT2D eigenvalue weighted by molar-refractivity contribution is 7.89. The summed E-state index contributed by atoms with van der Waals surface area (Å²) in [4.78, 5) is 21.9. The number of unbranched alkanes of at least 4 members (excludes halogenated alkanes) is 1. The minimum atomic E-state index is -4.01. The summed E-state index contributed by atoms with van der Waals surface area (Å²) in [7, 11) is -2.77. The quantitative estimate of drug-likeness (QED) is 0.442. The number of nitrogens with one attached hydrogen (secondary N) is 1. The number of nitro groups is 1. The Morgan fingerprint density at radius 3 is 2.62 bits per heavy atom. The third kappa shape index (κ3) is 6.87. The molecular formula is C15H25ClN4O5S. The molecule has 3 N–H and O–H groups in total. The summed E-state index contributed by atoms with van der Waals surface area (Å²) in [6.45, 7) is 1.90. The van der Waals surface area contributed by atoms with Gasteiger partial charge in [-0.05, 0) is 12.5 Å². The van der Waals surface area contributed by atoms with Crippen molar-refractivity contribution in [1.82, 2.24) is 9.62 Å². The number of nitrogens with zero attached hydrogens (tertiary/aromatic N) is 2. The van der Waals surface area contributed by atoms with Gasteiger partial charge in [-0.25, -0.2) is 8.42 Å². The van der Waals surface area contributed by atoms with Crippen LogP contribution in [0.25, 0.3) is 0 Å². The van der Waals surface area contributed by atoms with E-state index in [1.54, 1.807) is 0 Å². The lowest BCUT2D eigenvalue weighted by Crippen LogP contribution is -2.45. The molecule has 0 aliphatic rings. The lowest BCUT2D eigenvalue weighted by molar-refractivity contribution is -0.385. The van der Waals surface area contributed by atoms with E-state index in [-0.39, 0.29) is 35.6 Å². The average molecular weight is 409 g/mol. The molecule has 0 heterocycles. The van der Waals surface area contributed by atoms with Gasteiger partial charge in [0.05, 0.1) is 16.4 Å². The first-order chi connectivity index (χ1) is 11.7. The Morgan fingerprint density at radius 1 is 1.42 bits per heavy atom. The molecule has 0 aliphatic carbocycles. The summed E-state index contributed by atoms with van der Waals surface area (Å²) in [5.41, 5.74) is 5.27. The summed E-state index contributed by atoms with van der Waals surface area (Å²) in [6.07, 6.45) is 2.59. The fraction of sp³-hybridized carbons (Fsp3) is 0.533. The van der Waals surface area contributed by atoms with Crippen molar-refractivity contribution in [1.29, 1.82) is 0 Å². The predicted octanol–water partition coefficient (Wildman–Crippen LogP) is 1.27. The van der Waals surface area contributed by atoms with Gasteiger partial charge >= 0.3 is 0 Å². The number of likely N-dealkylation sites (N-methyl/N-ethyl adjacent to an activating group) is 1. The predicted molar refractivity (Wildman–Crippen MR) is 101 cm³/mol. The Balaban J connectivity index is 0.00000625. The van der Waals surface area contributed by atoms with Crippen LogP contribution < -0.4 is 11.1 Å². The number of carbonyl (C=O) groups is 1. The fourth-order valence-corrected chi connectivity index (χ4v) is 3.36. The molecule has 1 aromatic rings. The molecule has 0 saturated heterocycles. The van der Waals surface area contributed by atoms with E-state index in [9.17, 15) is 23.3 Å². The van der Waals surface area contributed by atoms with E-state index in [4.69, 9.17) is 5.73 Å². The number of sulfonamides is 1. The molecule has 1 unspecified atom stereocenters. The van der Waals surface area contributed by atoms with Crippen LogP contribution in [0.1, 0.15) is 26.2 Å². The van der Waals surface area contributed by atoms with Crippen LogP contribution in [0.5, 0.6) is 0 Å². The smallest absolute Gasteiger partial charge is 0.270 e. The highest BCUT2D eigenvalue weighted by atomic mass is 35.5. The Kier molecular flexibility index (Phi) is 10.3. The second-order valence-electron chi connectivity index (χ2n) is 5.66. The van der Waals surface area contributed by atoms with Gasteiger partial charge in [-0.15, -0.1) is 12.4 Å². The Labute approximate surface area is 159 Å². The van der Waals surface area contributed by atoms with E-state index >= 15 is 0 Å². The molecule has 0 saturated carbocycles. The van der Waals surface area contributed by atoms with E-state index in [2.05, 4.69) is 5.32 Å². The summed E-state index contributed by atoms with van der Waals surface area (Å²) >= 11 is 0. The molecule has 0 radical (unpaired) electrons. The molecule has 0 fully saturated rings. The van der Waals surface area contributed by atoms with Crippen LogP contribution in [0.4, 0.5) is 5.69 Å². The van der Waals surface area contributed by atoms with Crippen molar-refractivity contribution in [2.24, 2.45) is 5.73 Å². The molecule has 0 bridgehead atoms. The molecule has 9 nitrogen and oxygen atoms in total. The number of hydrogen-bond acceptors (Lipinski definition) is 6. The number of nitro benzene ring substituents is 1. The van der Waals surface area contributed by atoms with Gasteiger partial charge in [0.25, 0.3) is 5.69 Å². The minimum Gasteiger partial charge on any atom is -0.351 e. The number of benzene rings is 1. The van der Waals surface area contributed by atoms with Gasteiger partial charge in [0, 0.05) is 31.8 Å². The normalized spacial score (nSPS) is 12.3. The first-order valence-electron chi connectivity index (χ1n) is 7.92. The first-order valence-corrected chi connectivity index (χ1v) is 9.36. The maximum absolute atomic E-state index is 12.5. The van der Waals surface area contributed by atoms with Crippen LogP contribution in [-0.2, 0) is 14.8 Å². The van der Waals surface area contributed by atoms with Crippen molar-refractivity contribution < 1.29 is 18.1 Å². The number of nitrogens with two attached hydrogens (primary N) is 1. The fourth-order valence-electron chi connectivity index (χ4n) is 2.20. The monoisotopic (exact) mass is 408 g/mol. The summed E-state index contributed by atoms with van der Waals surface area (Å²) in [5, 5.41) is 13.5. The third-order valence-electron chi connectivity index (χ3n) is 3.66. The van der Waals surface area contributed by atoms with E-state index < -0.39 is 27.4 Å². The van der Waals surface area contributed by atoms with Crippen molar-refractivity contribution in [2.75, 3.05) is 20.1 Å². The second kappa shape index (κ2) is 11.1. The first kappa shape index (κ1) is 24.2. The zero-order valence-corrected chi connectivity index (χ0v) is 16.4. The van der Waals surface area contributed by atoms with Gasteiger partial charge in [-0.3, -0.25) is 14.9 Å². The lowest BCUT2D eigenvalue weighted by atomic mass is 10.1. The largest absolute Gasteiger partial charge is 0.351 e. The van der Waals surface area contributed by atoms with Crippen molar-refractivity contribution in [2.45, 2.75) is 37.1 Å². The molecule has 11 heteroatoms. The van der Waals surface area contributed by atoms with E-state index in [0.717, 1.165) is 29.6 Å². The van der Waals surface area contributed by atoms with Crippen molar-refractivity contribution in [3.05, 3.63) is 34.4 Å². The molecule has 1 aromatic carbocycles. The van der Waals surface area contributed by atoms with Crippen LogP contribution >= 0.6 is 12.4 Å². The molecule has 0 spiro atoms. The topological polar surface area (TPSA) is 136 Å². The van der Waals surface area contributed by atoms with Crippen LogP contribution in [0.2, 0.25) is 0 Å². The number of rotatable bonds is 10. The average Bonchev–Trinajstić information content (AvgIpc) is 2.58. The molecule has 1 atom stereocenters. The van der Waals surface area contributed by atoms with E-state index in [1.807, 2.05) is 6.92 Å². The number of non-ortho nitro benzene ring substituents is 1. The highest BCUT2D eigenvalue weighted by Gasteiger charge is 2.25. The Morgan fingerprint density at radius 2 is 2.08 bits per heavy atom. The summed E-state index contributed by atoms with van der Waals surface area (Å²) < 4.78 is 25.8. The second-order valence-corrected chi connectivity index (χ2v) is 7.70. The number of amides is 1. The molecule has 148 valence electrons. The van der Waals surface area contributed by atoms with Crippen LogP contribution in [-0.4, -0.2) is 49.7 Å². The Hall–Kier alpha value is -1.75. The molecule has 1 amide bonds. The van der Waals surface area contributed by atoms with Gasteiger partial charge in [0.1, 0.15) is 0 Å². The van der Waals surface area contributed by atoms with Crippen LogP contribution in [0, 0.1) is 10.1 Å². The molecule has 26 heavy (non-hydrogen) atoms. The molecule has 0 aliphatic heterocycles. The summed E-state index contributed by atoms with van der Waals surface area (Å²) in [6, 6.07) is 4.50. The maximum Gasteiger partial charge on any atom is 0.270 e. The van der Waals surface area contributed by atoms with Gasteiger partial charge < -0.3 is 11.1 Å². The third-order valence-corrected chi connectivity index (χ3v) is 5.46. The van der Waals surface area contributed by atoms with Gasteiger partial charge in [0.2, 0.25) is 15.9 Å². The standard InChI is InChI=1S/C15H24N4O5S.ClH/c1-3-4-6-12(10-16)17-15(20)11-18(2)25(23,24)14-8-5-7-13(9-14)19(21)22;/h5,7-9,12H,3-4,6,10-11,16H2,1-2H3,(H,17,20);1H. The summed E-state index contributed by atoms with van der Waals surface area (Å²) in [5.74, 6) is -0.469. The number of hydrogen-bond donors (Lipinski definition) is 2.